The first-order valence-corrected chi connectivity index (χ1v) is 8.48. The van der Waals surface area contributed by atoms with Gasteiger partial charge in [0.15, 0.2) is 6.29 Å². The molecular formula is C18H27N3O2. The molecule has 1 fully saturated rings. The highest BCUT2D eigenvalue weighted by molar-refractivity contribution is 5.81. The Labute approximate surface area is 137 Å². The van der Waals surface area contributed by atoms with Gasteiger partial charge >= 0.3 is 0 Å². The molecule has 1 aliphatic rings. The summed E-state index contributed by atoms with van der Waals surface area (Å²) in [4.78, 5) is 7.17. The van der Waals surface area contributed by atoms with E-state index in [-0.39, 0.29) is 5.92 Å². The van der Waals surface area contributed by atoms with Gasteiger partial charge in [-0.1, -0.05) is 0 Å². The Balaban J connectivity index is 1.99. The summed E-state index contributed by atoms with van der Waals surface area (Å²) < 4.78 is 2.30. The van der Waals surface area contributed by atoms with Gasteiger partial charge in [0.05, 0.1) is 11.0 Å². The number of hydrogen-bond acceptors (Lipinski definition) is 4. The molecule has 3 rings (SSSR count). The molecule has 0 bridgehead atoms. The molecule has 0 saturated carbocycles. The number of aryl methyl sites for hydroxylation is 2. The van der Waals surface area contributed by atoms with Crippen molar-refractivity contribution in [2.45, 2.75) is 52.9 Å². The number of aliphatic hydroxyl groups excluding tert-OH is 1. The van der Waals surface area contributed by atoms with Gasteiger partial charge < -0.3 is 19.7 Å². The second-order valence-electron chi connectivity index (χ2n) is 7.04. The maximum absolute atomic E-state index is 9.37. The van der Waals surface area contributed by atoms with Crippen molar-refractivity contribution >= 4 is 17.0 Å². The second kappa shape index (κ2) is 6.13. The Kier molecular flexibility index (Phi) is 4.34. The molecule has 1 saturated heterocycles. The third-order valence-corrected chi connectivity index (χ3v) is 5.05. The fourth-order valence-corrected chi connectivity index (χ4v) is 3.47. The zero-order chi connectivity index (χ0) is 16.7. The highest BCUT2D eigenvalue weighted by Gasteiger charge is 2.27. The van der Waals surface area contributed by atoms with E-state index in [1.54, 1.807) is 0 Å². The minimum Gasteiger partial charge on any atom is -0.368 e. The molecule has 0 radical (unpaired) electrons. The van der Waals surface area contributed by atoms with Crippen LogP contribution in [0.2, 0.25) is 0 Å². The zero-order valence-electron chi connectivity index (χ0n) is 14.5. The van der Waals surface area contributed by atoms with E-state index in [0.717, 1.165) is 37.4 Å². The number of aromatic nitrogens is 2. The molecule has 5 heteroatoms. The third kappa shape index (κ3) is 2.95. The highest BCUT2D eigenvalue weighted by atomic mass is 16.5. The van der Waals surface area contributed by atoms with Gasteiger partial charge in [0, 0.05) is 25.0 Å². The smallest absolute Gasteiger partial charge is 0.206 e. The zero-order valence-corrected chi connectivity index (χ0v) is 14.5. The van der Waals surface area contributed by atoms with Crippen molar-refractivity contribution in [2.24, 2.45) is 5.92 Å². The van der Waals surface area contributed by atoms with E-state index in [9.17, 15) is 10.2 Å². The molecule has 2 aromatic rings. The summed E-state index contributed by atoms with van der Waals surface area (Å²) in [5.41, 5.74) is 4.77. The average molecular weight is 317 g/mol. The summed E-state index contributed by atoms with van der Waals surface area (Å²) in [6.07, 6.45) is 0.375. The van der Waals surface area contributed by atoms with Gasteiger partial charge in [0.1, 0.15) is 0 Å². The first kappa shape index (κ1) is 16.3. The molecule has 126 valence electrons. The molecule has 1 aromatic heterocycles. The van der Waals surface area contributed by atoms with E-state index in [2.05, 4.69) is 49.3 Å². The number of anilines is 1. The minimum atomic E-state index is -1.20. The monoisotopic (exact) mass is 317 g/mol. The second-order valence-corrected chi connectivity index (χ2v) is 7.04. The lowest BCUT2D eigenvalue weighted by Crippen LogP contribution is -2.39. The van der Waals surface area contributed by atoms with Crippen LogP contribution in [-0.4, -0.2) is 39.1 Å². The molecule has 0 spiro atoms. The Morgan fingerprint density at radius 3 is 2.26 bits per heavy atom. The largest absolute Gasteiger partial charge is 0.368 e. The van der Waals surface area contributed by atoms with Crippen LogP contribution in [0, 0.1) is 19.8 Å². The fourth-order valence-electron chi connectivity index (χ4n) is 3.47. The highest BCUT2D eigenvalue weighted by Crippen LogP contribution is 2.31. The van der Waals surface area contributed by atoms with E-state index < -0.39 is 6.29 Å². The normalized spacial score (nSPS) is 17.0. The van der Waals surface area contributed by atoms with E-state index in [1.165, 1.54) is 16.6 Å². The number of fused-ring (bicyclic) bond motifs is 1. The van der Waals surface area contributed by atoms with E-state index in [1.807, 2.05) is 0 Å². The Morgan fingerprint density at radius 2 is 1.70 bits per heavy atom. The van der Waals surface area contributed by atoms with Gasteiger partial charge in [-0.25, -0.2) is 4.98 Å². The van der Waals surface area contributed by atoms with Crippen molar-refractivity contribution < 1.29 is 10.2 Å². The number of aliphatic hydroxyl groups is 2. The standard InChI is InChI=1S/C18H27N3O2/c1-11(2)21-16-10-13(4)12(3)9-15(16)19-18(21)20-7-5-14(6-8-20)17(22)23/h9-11,14,17,22-23H,5-8H2,1-4H3. The molecule has 0 amide bonds. The molecule has 1 aromatic carbocycles. The van der Waals surface area contributed by atoms with E-state index in [0.29, 0.717) is 6.04 Å². The third-order valence-electron chi connectivity index (χ3n) is 5.05. The van der Waals surface area contributed by atoms with Gasteiger partial charge in [-0.3, -0.25) is 0 Å². The summed E-state index contributed by atoms with van der Waals surface area (Å²) in [7, 11) is 0. The van der Waals surface area contributed by atoms with Gasteiger partial charge in [-0.2, -0.15) is 0 Å². The van der Waals surface area contributed by atoms with Crippen molar-refractivity contribution in [2.75, 3.05) is 18.0 Å². The molecule has 2 heterocycles. The lowest BCUT2D eigenvalue weighted by atomic mass is 9.96. The summed E-state index contributed by atoms with van der Waals surface area (Å²) in [5.74, 6) is 0.985. The molecule has 23 heavy (non-hydrogen) atoms. The van der Waals surface area contributed by atoms with Gasteiger partial charge in [-0.05, 0) is 63.8 Å². The van der Waals surface area contributed by atoms with Crippen molar-refractivity contribution in [1.82, 2.24) is 9.55 Å². The average Bonchev–Trinajstić information content (AvgIpc) is 2.86. The SMILES string of the molecule is Cc1cc2nc(N3CCC(C(O)O)CC3)n(C(C)C)c2cc1C. The summed E-state index contributed by atoms with van der Waals surface area (Å²) in [6, 6.07) is 4.72. The van der Waals surface area contributed by atoms with Crippen LogP contribution < -0.4 is 4.90 Å². The van der Waals surface area contributed by atoms with Gasteiger partial charge in [0.2, 0.25) is 5.95 Å². The molecule has 1 aliphatic heterocycles. The van der Waals surface area contributed by atoms with Crippen molar-refractivity contribution in [3.8, 4) is 0 Å². The van der Waals surface area contributed by atoms with Crippen molar-refractivity contribution in [1.29, 1.82) is 0 Å². The molecule has 0 aliphatic carbocycles. The maximum Gasteiger partial charge on any atom is 0.206 e. The molecule has 5 nitrogen and oxygen atoms in total. The van der Waals surface area contributed by atoms with Crippen LogP contribution in [0.3, 0.4) is 0 Å². The van der Waals surface area contributed by atoms with E-state index >= 15 is 0 Å². The number of hydrogen-bond donors (Lipinski definition) is 2. The van der Waals surface area contributed by atoms with Crippen molar-refractivity contribution in [3.63, 3.8) is 0 Å². The predicted molar refractivity (Wildman–Crippen MR) is 92.8 cm³/mol. The van der Waals surface area contributed by atoms with Crippen LogP contribution in [0.25, 0.3) is 11.0 Å². The van der Waals surface area contributed by atoms with Crippen LogP contribution in [0.1, 0.15) is 43.9 Å². The van der Waals surface area contributed by atoms with Crippen LogP contribution in [0.4, 0.5) is 5.95 Å². The van der Waals surface area contributed by atoms with Gasteiger partial charge in [0.25, 0.3) is 0 Å². The predicted octanol–water partition coefficient (Wildman–Crippen LogP) is 2.76. The summed E-state index contributed by atoms with van der Waals surface area (Å²) in [5, 5.41) is 18.7. The van der Waals surface area contributed by atoms with Crippen LogP contribution in [0.15, 0.2) is 12.1 Å². The summed E-state index contributed by atoms with van der Waals surface area (Å²) >= 11 is 0. The fraction of sp³-hybridized carbons (Fsp3) is 0.611. The van der Waals surface area contributed by atoms with E-state index in [4.69, 9.17) is 4.98 Å². The maximum atomic E-state index is 9.37. The first-order valence-electron chi connectivity index (χ1n) is 8.48. The van der Waals surface area contributed by atoms with Crippen LogP contribution >= 0.6 is 0 Å². The number of piperidine rings is 1. The summed E-state index contributed by atoms with van der Waals surface area (Å²) in [6.45, 7) is 10.3. The Bertz CT molecular complexity index is 698. The topological polar surface area (TPSA) is 61.5 Å². The molecule has 0 atom stereocenters. The van der Waals surface area contributed by atoms with Crippen molar-refractivity contribution in [3.05, 3.63) is 23.3 Å². The van der Waals surface area contributed by atoms with Gasteiger partial charge in [-0.15, -0.1) is 0 Å². The Morgan fingerprint density at radius 1 is 1.09 bits per heavy atom. The number of benzene rings is 1. The lowest BCUT2D eigenvalue weighted by Gasteiger charge is -2.34. The molecule has 2 N–H and O–H groups in total. The first-order chi connectivity index (χ1) is 10.9. The van der Waals surface area contributed by atoms with Crippen LogP contribution in [-0.2, 0) is 0 Å². The van der Waals surface area contributed by atoms with Crippen LogP contribution in [0.5, 0.6) is 0 Å². The molecule has 0 unspecified atom stereocenters. The number of imidazole rings is 1. The Hall–Kier alpha value is -1.59. The lowest BCUT2D eigenvalue weighted by molar-refractivity contribution is -0.0894. The molecular weight excluding hydrogens is 290 g/mol. The number of nitrogens with zero attached hydrogens (tertiary/aromatic N) is 3. The number of rotatable bonds is 3. The quantitative estimate of drug-likeness (QED) is 0.855. The minimum absolute atomic E-state index is 0.0207.